The summed E-state index contributed by atoms with van der Waals surface area (Å²) in [7, 11) is 1.49. The number of fused-ring (bicyclic) bond motifs is 1. The molecule has 11 heavy (non-hydrogen) atoms. The summed E-state index contributed by atoms with van der Waals surface area (Å²) in [4.78, 5) is 11.2. The molecule has 2 aliphatic carbocycles. The van der Waals surface area contributed by atoms with E-state index >= 15 is 0 Å². The van der Waals surface area contributed by atoms with E-state index in [1.807, 2.05) is 0 Å². The van der Waals surface area contributed by atoms with Gasteiger partial charge in [-0.3, -0.25) is 4.79 Å². The lowest BCUT2D eigenvalue weighted by molar-refractivity contribution is -0.147. The van der Waals surface area contributed by atoms with Gasteiger partial charge in [0.2, 0.25) is 0 Å². The number of hydrogen-bond acceptors (Lipinski definition) is 2. The molecular formula is C9H14O2. The first-order valence-electron chi connectivity index (χ1n) is 4.40. The second kappa shape index (κ2) is 2.50. The molecule has 2 aliphatic rings. The van der Waals surface area contributed by atoms with Crippen LogP contribution in [0.1, 0.15) is 25.7 Å². The highest BCUT2D eigenvalue weighted by Gasteiger charge is 2.48. The third-order valence-corrected chi connectivity index (χ3v) is 3.09. The number of carbonyl (C=O) groups excluding carboxylic acids is 1. The highest BCUT2D eigenvalue weighted by Crippen LogP contribution is 2.52. The van der Waals surface area contributed by atoms with E-state index in [1.165, 1.54) is 26.4 Å². The first kappa shape index (κ1) is 7.14. The Morgan fingerprint density at radius 2 is 2.27 bits per heavy atom. The summed E-state index contributed by atoms with van der Waals surface area (Å²) in [5.74, 6) is 1.83. The molecule has 3 unspecified atom stereocenters. The second-order valence-corrected chi connectivity index (χ2v) is 3.72. The standard InChI is InChI=1S/C9H14O2/c1-11-9(10)7-4-2-3-6-5-8(6)7/h6-8H,2-5H2,1H3. The van der Waals surface area contributed by atoms with Crippen LogP contribution in [-0.2, 0) is 9.53 Å². The average Bonchev–Trinajstić information content (AvgIpc) is 2.80. The van der Waals surface area contributed by atoms with Crippen molar-refractivity contribution >= 4 is 5.97 Å². The van der Waals surface area contributed by atoms with Crippen LogP contribution < -0.4 is 0 Å². The van der Waals surface area contributed by atoms with Gasteiger partial charge in [-0.1, -0.05) is 12.8 Å². The van der Waals surface area contributed by atoms with Crippen LogP contribution in [0.2, 0.25) is 0 Å². The molecule has 2 heteroatoms. The molecule has 0 spiro atoms. The average molecular weight is 154 g/mol. The van der Waals surface area contributed by atoms with Crippen molar-refractivity contribution in [2.75, 3.05) is 7.11 Å². The van der Waals surface area contributed by atoms with Gasteiger partial charge in [0.1, 0.15) is 0 Å². The van der Waals surface area contributed by atoms with Crippen molar-refractivity contribution in [1.82, 2.24) is 0 Å². The molecule has 0 aromatic rings. The van der Waals surface area contributed by atoms with Crippen LogP contribution in [0.25, 0.3) is 0 Å². The molecule has 0 heterocycles. The van der Waals surface area contributed by atoms with Crippen LogP contribution in [0, 0.1) is 17.8 Å². The van der Waals surface area contributed by atoms with Gasteiger partial charge in [0, 0.05) is 0 Å². The molecule has 62 valence electrons. The maximum Gasteiger partial charge on any atom is 0.308 e. The van der Waals surface area contributed by atoms with Crippen molar-refractivity contribution in [2.24, 2.45) is 17.8 Å². The number of rotatable bonds is 1. The van der Waals surface area contributed by atoms with Crippen molar-refractivity contribution in [3.05, 3.63) is 0 Å². The molecule has 0 N–H and O–H groups in total. The quantitative estimate of drug-likeness (QED) is 0.536. The van der Waals surface area contributed by atoms with Crippen LogP contribution in [0.5, 0.6) is 0 Å². The lowest BCUT2D eigenvalue weighted by Crippen LogP contribution is -2.21. The number of methoxy groups -OCH3 is 1. The zero-order chi connectivity index (χ0) is 7.84. The normalized spacial score (nSPS) is 41.0. The summed E-state index contributed by atoms with van der Waals surface area (Å²) in [6.07, 6.45) is 4.91. The fourth-order valence-electron chi connectivity index (χ4n) is 2.35. The smallest absolute Gasteiger partial charge is 0.308 e. The van der Waals surface area contributed by atoms with Crippen LogP contribution in [-0.4, -0.2) is 13.1 Å². The molecule has 0 saturated heterocycles. The zero-order valence-corrected chi connectivity index (χ0v) is 6.88. The van der Waals surface area contributed by atoms with E-state index in [4.69, 9.17) is 4.74 Å². The number of hydrogen-bond donors (Lipinski definition) is 0. The van der Waals surface area contributed by atoms with Gasteiger partial charge in [-0.15, -0.1) is 0 Å². The summed E-state index contributed by atoms with van der Waals surface area (Å²) in [5.41, 5.74) is 0. The van der Waals surface area contributed by atoms with Crippen molar-refractivity contribution in [2.45, 2.75) is 25.7 Å². The Hall–Kier alpha value is -0.530. The topological polar surface area (TPSA) is 26.3 Å². The summed E-state index contributed by atoms with van der Waals surface area (Å²) < 4.78 is 4.75. The van der Waals surface area contributed by atoms with E-state index in [0.717, 1.165) is 12.3 Å². The molecule has 0 aliphatic heterocycles. The van der Waals surface area contributed by atoms with Crippen LogP contribution >= 0.6 is 0 Å². The predicted molar refractivity (Wildman–Crippen MR) is 41.0 cm³/mol. The van der Waals surface area contributed by atoms with E-state index in [-0.39, 0.29) is 11.9 Å². The molecule has 0 amide bonds. The fraction of sp³-hybridized carbons (Fsp3) is 0.889. The molecular weight excluding hydrogens is 140 g/mol. The minimum Gasteiger partial charge on any atom is -0.469 e. The fourth-order valence-corrected chi connectivity index (χ4v) is 2.35. The van der Waals surface area contributed by atoms with Gasteiger partial charge in [0.15, 0.2) is 0 Å². The van der Waals surface area contributed by atoms with Gasteiger partial charge in [0.05, 0.1) is 13.0 Å². The Kier molecular flexibility index (Phi) is 1.63. The van der Waals surface area contributed by atoms with E-state index in [1.54, 1.807) is 0 Å². The molecule has 0 aromatic carbocycles. The molecule has 2 fully saturated rings. The minimum absolute atomic E-state index is 0.0252. The Morgan fingerprint density at radius 1 is 1.45 bits per heavy atom. The van der Waals surface area contributed by atoms with Gasteiger partial charge in [0.25, 0.3) is 0 Å². The van der Waals surface area contributed by atoms with Crippen molar-refractivity contribution in [1.29, 1.82) is 0 Å². The van der Waals surface area contributed by atoms with Gasteiger partial charge in [-0.2, -0.15) is 0 Å². The highest BCUT2D eigenvalue weighted by atomic mass is 16.5. The van der Waals surface area contributed by atoms with Crippen LogP contribution in [0.15, 0.2) is 0 Å². The monoisotopic (exact) mass is 154 g/mol. The number of ether oxygens (including phenoxy) is 1. The molecule has 0 radical (unpaired) electrons. The molecule has 2 nitrogen and oxygen atoms in total. The van der Waals surface area contributed by atoms with Gasteiger partial charge in [-0.25, -0.2) is 0 Å². The number of esters is 1. The Bertz CT molecular complexity index is 176. The Balaban J connectivity index is 1.97. The van der Waals surface area contributed by atoms with Gasteiger partial charge >= 0.3 is 5.97 Å². The molecule has 2 saturated carbocycles. The van der Waals surface area contributed by atoms with Gasteiger partial charge in [-0.05, 0) is 24.7 Å². The van der Waals surface area contributed by atoms with Crippen molar-refractivity contribution < 1.29 is 9.53 Å². The molecule has 2 rings (SSSR count). The molecule has 3 atom stereocenters. The van der Waals surface area contributed by atoms with Crippen LogP contribution in [0.3, 0.4) is 0 Å². The first-order valence-corrected chi connectivity index (χ1v) is 4.40. The summed E-state index contributed by atoms with van der Waals surface area (Å²) in [5, 5.41) is 0. The Morgan fingerprint density at radius 3 is 3.00 bits per heavy atom. The first-order chi connectivity index (χ1) is 5.33. The predicted octanol–water partition coefficient (Wildman–Crippen LogP) is 1.60. The lowest BCUT2D eigenvalue weighted by Gasteiger charge is -2.18. The number of carbonyl (C=O) groups is 1. The molecule has 0 bridgehead atoms. The largest absolute Gasteiger partial charge is 0.469 e. The summed E-state index contributed by atoms with van der Waals surface area (Å²) >= 11 is 0. The zero-order valence-electron chi connectivity index (χ0n) is 6.88. The van der Waals surface area contributed by atoms with Crippen LogP contribution in [0.4, 0.5) is 0 Å². The maximum absolute atomic E-state index is 11.2. The third-order valence-electron chi connectivity index (χ3n) is 3.09. The van der Waals surface area contributed by atoms with E-state index < -0.39 is 0 Å². The van der Waals surface area contributed by atoms with Crippen molar-refractivity contribution in [3.63, 3.8) is 0 Å². The lowest BCUT2D eigenvalue weighted by atomic mass is 9.89. The third kappa shape index (κ3) is 1.15. The maximum atomic E-state index is 11.2. The SMILES string of the molecule is COC(=O)C1CCCC2CC21. The molecule has 0 aromatic heterocycles. The second-order valence-electron chi connectivity index (χ2n) is 3.72. The highest BCUT2D eigenvalue weighted by molar-refractivity contribution is 5.73. The van der Waals surface area contributed by atoms with E-state index in [2.05, 4.69) is 0 Å². The Labute approximate surface area is 66.9 Å². The summed E-state index contributed by atoms with van der Waals surface area (Å²) in [6.45, 7) is 0. The van der Waals surface area contributed by atoms with E-state index in [0.29, 0.717) is 5.92 Å². The van der Waals surface area contributed by atoms with Crippen molar-refractivity contribution in [3.8, 4) is 0 Å². The van der Waals surface area contributed by atoms with Gasteiger partial charge < -0.3 is 4.74 Å². The minimum atomic E-state index is 0.0252. The van der Waals surface area contributed by atoms with E-state index in [9.17, 15) is 4.79 Å². The summed E-state index contributed by atoms with van der Waals surface area (Å²) in [6, 6.07) is 0.